The second-order valence-electron chi connectivity index (χ2n) is 4.66. The highest BCUT2D eigenvalue weighted by molar-refractivity contribution is 5.95. The minimum Gasteiger partial charge on any atom is -0.481 e. The van der Waals surface area contributed by atoms with Crippen molar-refractivity contribution < 1.29 is 14.7 Å². The maximum Gasteiger partial charge on any atom is 0.307 e. The number of amides is 1. The lowest BCUT2D eigenvalue weighted by Gasteiger charge is -2.16. The number of aromatic nitrogens is 1. The van der Waals surface area contributed by atoms with E-state index >= 15 is 0 Å². The van der Waals surface area contributed by atoms with Crippen molar-refractivity contribution in [1.82, 2.24) is 4.98 Å². The predicted molar refractivity (Wildman–Crippen MR) is 66.1 cm³/mol. The fourth-order valence-electron chi connectivity index (χ4n) is 2.41. The van der Waals surface area contributed by atoms with Crippen LogP contribution in [0.3, 0.4) is 0 Å². The van der Waals surface area contributed by atoms with Crippen molar-refractivity contribution in [3.63, 3.8) is 0 Å². The van der Waals surface area contributed by atoms with E-state index in [9.17, 15) is 9.59 Å². The highest BCUT2D eigenvalue weighted by Gasteiger charge is 2.37. The third-order valence-electron chi connectivity index (χ3n) is 3.45. The zero-order chi connectivity index (χ0) is 13.1. The molecule has 18 heavy (non-hydrogen) atoms. The number of anilines is 1. The Morgan fingerprint density at radius 1 is 1.39 bits per heavy atom. The zero-order valence-electron chi connectivity index (χ0n) is 10.2. The molecule has 1 aromatic rings. The summed E-state index contributed by atoms with van der Waals surface area (Å²) in [5, 5.41) is 11.9. The summed E-state index contributed by atoms with van der Waals surface area (Å²) in [6, 6.07) is 1.72. The number of hydrogen-bond donors (Lipinski definition) is 2. The number of aliphatic carboxylic acids is 1. The van der Waals surface area contributed by atoms with Gasteiger partial charge in [-0.3, -0.25) is 14.6 Å². The van der Waals surface area contributed by atoms with Crippen LogP contribution in [-0.4, -0.2) is 22.0 Å². The Morgan fingerprint density at radius 3 is 2.78 bits per heavy atom. The van der Waals surface area contributed by atoms with E-state index in [1.54, 1.807) is 18.5 Å². The molecule has 1 aromatic heterocycles. The van der Waals surface area contributed by atoms with Crippen LogP contribution in [0.5, 0.6) is 0 Å². The fraction of sp³-hybridized carbons (Fsp3) is 0.462. The molecule has 1 fully saturated rings. The zero-order valence-corrected chi connectivity index (χ0v) is 10.2. The summed E-state index contributed by atoms with van der Waals surface area (Å²) in [5.41, 5.74) is 1.57. The van der Waals surface area contributed by atoms with Crippen LogP contribution < -0.4 is 5.32 Å². The third-order valence-corrected chi connectivity index (χ3v) is 3.45. The van der Waals surface area contributed by atoms with Crippen LogP contribution in [-0.2, 0) is 9.59 Å². The number of rotatable bonds is 3. The molecule has 0 saturated heterocycles. The van der Waals surface area contributed by atoms with Gasteiger partial charge in [0.25, 0.3) is 0 Å². The van der Waals surface area contributed by atoms with E-state index in [1.807, 2.05) is 6.92 Å². The molecule has 5 heteroatoms. The molecule has 0 bridgehead atoms. The fourth-order valence-corrected chi connectivity index (χ4v) is 2.41. The van der Waals surface area contributed by atoms with Crippen molar-refractivity contribution in [2.75, 3.05) is 5.32 Å². The van der Waals surface area contributed by atoms with Gasteiger partial charge in [-0.1, -0.05) is 6.42 Å². The van der Waals surface area contributed by atoms with Crippen LogP contribution in [0, 0.1) is 18.8 Å². The SMILES string of the molecule is Cc1cnccc1NC(=O)[C@@H]1CCC[C@@H]1C(=O)O. The van der Waals surface area contributed by atoms with E-state index < -0.39 is 17.8 Å². The molecule has 2 atom stereocenters. The summed E-state index contributed by atoms with van der Waals surface area (Å²) >= 11 is 0. The number of carboxylic acids is 1. The Bertz CT molecular complexity index is 473. The molecule has 5 nitrogen and oxygen atoms in total. The van der Waals surface area contributed by atoms with Gasteiger partial charge in [0.05, 0.1) is 11.8 Å². The van der Waals surface area contributed by atoms with Gasteiger partial charge in [-0.2, -0.15) is 0 Å². The Balaban J connectivity index is 2.08. The largest absolute Gasteiger partial charge is 0.481 e. The maximum atomic E-state index is 12.1. The standard InChI is InChI=1S/C13H16N2O3/c1-8-7-14-6-5-11(8)15-12(16)9-3-2-4-10(9)13(17)18/h5-7,9-10H,2-4H2,1H3,(H,17,18)(H,14,15,16)/t9-,10+/m1/s1. The van der Waals surface area contributed by atoms with Crippen molar-refractivity contribution in [1.29, 1.82) is 0 Å². The number of nitrogens with zero attached hydrogens (tertiary/aromatic N) is 1. The summed E-state index contributed by atoms with van der Waals surface area (Å²) in [7, 11) is 0. The van der Waals surface area contributed by atoms with E-state index in [-0.39, 0.29) is 5.91 Å². The quantitative estimate of drug-likeness (QED) is 0.855. The summed E-state index contributed by atoms with van der Waals surface area (Å²) in [4.78, 5) is 27.1. The Morgan fingerprint density at radius 2 is 2.11 bits per heavy atom. The molecule has 0 aromatic carbocycles. The van der Waals surface area contributed by atoms with Gasteiger partial charge in [0.2, 0.25) is 5.91 Å². The van der Waals surface area contributed by atoms with Gasteiger partial charge in [-0.25, -0.2) is 0 Å². The first-order valence-corrected chi connectivity index (χ1v) is 6.04. The van der Waals surface area contributed by atoms with E-state index in [0.29, 0.717) is 18.5 Å². The van der Waals surface area contributed by atoms with Crippen LogP contribution in [0.4, 0.5) is 5.69 Å². The molecule has 1 amide bonds. The molecule has 2 N–H and O–H groups in total. The van der Waals surface area contributed by atoms with Gasteiger partial charge in [0, 0.05) is 18.1 Å². The summed E-state index contributed by atoms with van der Waals surface area (Å²) < 4.78 is 0. The topological polar surface area (TPSA) is 79.3 Å². The van der Waals surface area contributed by atoms with Gasteiger partial charge >= 0.3 is 5.97 Å². The average molecular weight is 248 g/mol. The van der Waals surface area contributed by atoms with Crippen LogP contribution in [0.15, 0.2) is 18.5 Å². The molecule has 0 unspecified atom stereocenters. The van der Waals surface area contributed by atoms with E-state index in [2.05, 4.69) is 10.3 Å². The van der Waals surface area contributed by atoms with Crippen LogP contribution in [0.2, 0.25) is 0 Å². The minimum atomic E-state index is -0.876. The Hall–Kier alpha value is -1.91. The molecule has 1 aliphatic rings. The summed E-state index contributed by atoms with van der Waals surface area (Å²) in [5.74, 6) is -2.05. The van der Waals surface area contributed by atoms with E-state index in [0.717, 1.165) is 12.0 Å². The lowest BCUT2D eigenvalue weighted by atomic mass is 9.95. The molecule has 0 aliphatic heterocycles. The van der Waals surface area contributed by atoms with E-state index in [1.165, 1.54) is 0 Å². The first-order chi connectivity index (χ1) is 8.59. The second kappa shape index (κ2) is 5.16. The van der Waals surface area contributed by atoms with Crippen molar-refractivity contribution in [3.05, 3.63) is 24.0 Å². The molecule has 2 rings (SSSR count). The Kier molecular flexibility index (Phi) is 3.60. The Labute approximate surface area is 105 Å². The lowest BCUT2D eigenvalue weighted by molar-refractivity contribution is -0.145. The van der Waals surface area contributed by atoms with Crippen LogP contribution in [0.1, 0.15) is 24.8 Å². The van der Waals surface area contributed by atoms with Gasteiger partial charge in [-0.15, -0.1) is 0 Å². The number of carbonyl (C=O) groups is 2. The number of carbonyl (C=O) groups excluding carboxylic acids is 1. The molecule has 0 spiro atoms. The van der Waals surface area contributed by atoms with Crippen LogP contribution in [0.25, 0.3) is 0 Å². The molecule has 0 radical (unpaired) electrons. The minimum absolute atomic E-state index is 0.200. The van der Waals surface area contributed by atoms with Crippen molar-refractivity contribution in [2.24, 2.45) is 11.8 Å². The van der Waals surface area contributed by atoms with Gasteiger partial charge in [-0.05, 0) is 31.4 Å². The molecule has 1 saturated carbocycles. The first-order valence-electron chi connectivity index (χ1n) is 6.04. The highest BCUT2D eigenvalue weighted by Crippen LogP contribution is 2.33. The van der Waals surface area contributed by atoms with Crippen molar-refractivity contribution in [2.45, 2.75) is 26.2 Å². The number of nitrogens with one attached hydrogen (secondary N) is 1. The summed E-state index contributed by atoms with van der Waals surface area (Å²) in [6.07, 6.45) is 5.30. The molecular formula is C13H16N2O3. The third kappa shape index (κ3) is 2.50. The lowest BCUT2D eigenvalue weighted by Crippen LogP contribution is -2.30. The molecule has 96 valence electrons. The average Bonchev–Trinajstić information content (AvgIpc) is 2.81. The van der Waals surface area contributed by atoms with Crippen LogP contribution >= 0.6 is 0 Å². The molecule has 1 heterocycles. The predicted octanol–water partition coefficient (Wildman–Crippen LogP) is 1.83. The molecule has 1 aliphatic carbocycles. The normalized spacial score (nSPS) is 22.7. The monoisotopic (exact) mass is 248 g/mol. The molecular weight excluding hydrogens is 232 g/mol. The van der Waals surface area contributed by atoms with Gasteiger partial charge in [0.15, 0.2) is 0 Å². The number of aryl methyl sites for hydroxylation is 1. The number of carboxylic acid groups (broad SMARTS) is 1. The second-order valence-corrected chi connectivity index (χ2v) is 4.66. The highest BCUT2D eigenvalue weighted by atomic mass is 16.4. The van der Waals surface area contributed by atoms with Crippen molar-refractivity contribution >= 4 is 17.6 Å². The number of pyridine rings is 1. The van der Waals surface area contributed by atoms with Gasteiger partial charge < -0.3 is 10.4 Å². The summed E-state index contributed by atoms with van der Waals surface area (Å²) in [6.45, 7) is 1.85. The number of hydrogen-bond acceptors (Lipinski definition) is 3. The van der Waals surface area contributed by atoms with E-state index in [4.69, 9.17) is 5.11 Å². The smallest absolute Gasteiger partial charge is 0.307 e. The van der Waals surface area contributed by atoms with Crippen molar-refractivity contribution in [3.8, 4) is 0 Å². The van der Waals surface area contributed by atoms with Gasteiger partial charge in [0.1, 0.15) is 0 Å². The first kappa shape index (κ1) is 12.5. The maximum absolute atomic E-state index is 12.1.